The molecule has 4 N–H and O–H groups in total. The first kappa shape index (κ1) is 22.1. The summed E-state index contributed by atoms with van der Waals surface area (Å²) in [7, 11) is 0. The number of amides is 2. The largest absolute Gasteiger partial charge is 0.374 e. The van der Waals surface area contributed by atoms with Crippen molar-refractivity contribution in [3.05, 3.63) is 90.2 Å². The number of hydroxylamine groups is 2. The van der Waals surface area contributed by atoms with E-state index in [1.54, 1.807) is 52.7 Å². The molecule has 178 valence electrons. The van der Waals surface area contributed by atoms with Gasteiger partial charge >= 0.3 is 6.03 Å². The molecular weight excluding hydrogens is 444 g/mol. The molecule has 0 fully saturated rings. The molecule has 0 saturated heterocycles. The summed E-state index contributed by atoms with van der Waals surface area (Å²) in [5.74, 6) is 1.17. The fraction of sp³-hybridized carbons (Fsp3) is 0.160. The smallest absolute Gasteiger partial charge is 0.324 e. The van der Waals surface area contributed by atoms with Crippen LogP contribution in [-0.4, -0.2) is 27.2 Å². The van der Waals surface area contributed by atoms with Crippen molar-refractivity contribution in [2.45, 2.75) is 26.2 Å². The number of nitrogens with one attached hydrogen (secondary N) is 4. The normalized spacial score (nSPS) is 14.3. The Morgan fingerprint density at radius 3 is 2.54 bits per heavy atom. The second kappa shape index (κ2) is 8.90. The lowest BCUT2D eigenvalue weighted by molar-refractivity contribution is 0.0646. The number of benzene rings is 2. The first-order valence-electron chi connectivity index (χ1n) is 11.1. The Balaban J connectivity index is 1.26. The van der Waals surface area contributed by atoms with Crippen LogP contribution in [0.3, 0.4) is 0 Å². The third-order valence-corrected chi connectivity index (χ3v) is 5.34. The van der Waals surface area contributed by atoms with E-state index in [2.05, 4.69) is 47.2 Å². The summed E-state index contributed by atoms with van der Waals surface area (Å²) in [6.45, 7) is 6.25. The van der Waals surface area contributed by atoms with Gasteiger partial charge in [0.15, 0.2) is 5.75 Å². The highest BCUT2D eigenvalue weighted by molar-refractivity contribution is 5.99. The number of aliphatic imine (C=N–C) groups is 1. The molecule has 3 heterocycles. The highest BCUT2D eigenvalue weighted by atomic mass is 16.7. The summed E-state index contributed by atoms with van der Waals surface area (Å²) in [4.78, 5) is 22.8. The minimum atomic E-state index is -0.373. The number of hydrogen-bond donors (Lipinski definition) is 4. The topological polar surface area (TPSA) is 108 Å². The number of carbonyl (C=O) groups is 1. The Hall–Kier alpha value is -4.73. The lowest BCUT2D eigenvalue weighted by Crippen LogP contribution is -2.29. The molecule has 35 heavy (non-hydrogen) atoms. The zero-order chi connectivity index (χ0) is 24.4. The van der Waals surface area contributed by atoms with Gasteiger partial charge in [-0.3, -0.25) is 10.7 Å². The van der Waals surface area contributed by atoms with Crippen molar-refractivity contribution in [1.29, 1.82) is 0 Å². The predicted molar refractivity (Wildman–Crippen MR) is 135 cm³/mol. The van der Waals surface area contributed by atoms with Crippen molar-refractivity contribution in [3.63, 3.8) is 0 Å². The third-order valence-electron chi connectivity index (χ3n) is 5.34. The number of fused-ring (bicyclic) bond motifs is 1. The third kappa shape index (κ3) is 4.81. The van der Waals surface area contributed by atoms with Gasteiger partial charge < -0.3 is 15.6 Å². The number of anilines is 2. The molecule has 2 amide bonds. The molecule has 10 heteroatoms. The molecule has 0 aliphatic carbocycles. The van der Waals surface area contributed by atoms with Gasteiger partial charge in [-0.25, -0.2) is 14.5 Å². The van der Waals surface area contributed by atoms with E-state index < -0.39 is 0 Å². The zero-order valence-corrected chi connectivity index (χ0v) is 19.6. The average Bonchev–Trinajstić information content (AvgIpc) is 3.49. The average molecular weight is 471 g/mol. The van der Waals surface area contributed by atoms with Gasteiger partial charge in [-0.2, -0.15) is 10.2 Å². The maximum absolute atomic E-state index is 12.8. The van der Waals surface area contributed by atoms with Crippen LogP contribution >= 0.6 is 0 Å². The number of aromatic nitrogens is 2. The molecule has 3 aromatic rings. The van der Waals surface area contributed by atoms with Gasteiger partial charge in [-0.05, 0) is 36.4 Å². The van der Waals surface area contributed by atoms with Crippen molar-refractivity contribution in [3.8, 4) is 11.4 Å². The second-order valence-corrected chi connectivity index (χ2v) is 9.04. The number of rotatable bonds is 5. The van der Waals surface area contributed by atoms with E-state index >= 15 is 0 Å². The number of hydrogen-bond acceptors (Lipinski definition) is 7. The summed E-state index contributed by atoms with van der Waals surface area (Å²) >= 11 is 0. The van der Waals surface area contributed by atoms with E-state index in [1.807, 2.05) is 36.4 Å². The highest BCUT2D eigenvalue weighted by Gasteiger charge is 2.23. The monoisotopic (exact) mass is 470 g/mol. The van der Waals surface area contributed by atoms with Crippen LogP contribution in [0.4, 0.5) is 16.3 Å². The Kier molecular flexibility index (Phi) is 5.61. The fourth-order valence-corrected chi connectivity index (χ4v) is 3.50. The summed E-state index contributed by atoms with van der Waals surface area (Å²) in [6.07, 6.45) is 5.05. The van der Waals surface area contributed by atoms with Crippen LogP contribution in [0.2, 0.25) is 0 Å². The molecule has 0 saturated carbocycles. The van der Waals surface area contributed by atoms with Crippen molar-refractivity contribution >= 4 is 23.9 Å². The second-order valence-electron chi connectivity index (χ2n) is 9.04. The van der Waals surface area contributed by atoms with Crippen LogP contribution in [0.15, 0.2) is 89.5 Å². The van der Waals surface area contributed by atoms with Crippen LogP contribution in [0.5, 0.6) is 5.75 Å². The van der Waals surface area contributed by atoms with Crippen LogP contribution in [0.1, 0.15) is 26.5 Å². The SMILES string of the molecule is CC(C)(C)c1cc(NC(=O)Nc2ccc(ON3C=NC=C4NNC=C43)cc2)n(-c2ccccc2)n1. The molecule has 0 unspecified atom stereocenters. The molecule has 2 aromatic carbocycles. The highest BCUT2D eigenvalue weighted by Crippen LogP contribution is 2.27. The zero-order valence-electron chi connectivity index (χ0n) is 19.6. The van der Waals surface area contributed by atoms with Gasteiger partial charge in [0, 0.05) is 23.4 Å². The van der Waals surface area contributed by atoms with Gasteiger partial charge in [-0.1, -0.05) is 39.0 Å². The van der Waals surface area contributed by atoms with Gasteiger partial charge in [0.25, 0.3) is 0 Å². The van der Waals surface area contributed by atoms with Crippen molar-refractivity contribution in [1.82, 2.24) is 25.7 Å². The molecule has 2 aliphatic rings. The lowest BCUT2D eigenvalue weighted by atomic mass is 9.92. The standard InChI is InChI=1S/C25H26N8O2/c1-25(2,3)22-13-23(33(31-22)18-7-5-4-6-8-18)29-24(34)28-17-9-11-19(12-10-17)35-32-16-26-14-20-21(32)15-27-30-20/h4-16,27,30H,1-3H3,(H2,28,29,34). The van der Waals surface area contributed by atoms with Crippen LogP contribution < -0.4 is 26.3 Å². The number of carbonyl (C=O) groups excluding carboxylic acids is 1. The first-order chi connectivity index (χ1) is 16.9. The molecule has 0 bridgehead atoms. The van der Waals surface area contributed by atoms with E-state index in [4.69, 9.17) is 9.94 Å². The van der Waals surface area contributed by atoms with E-state index in [0.29, 0.717) is 17.3 Å². The Bertz CT molecular complexity index is 1320. The minimum Gasteiger partial charge on any atom is -0.374 e. The van der Waals surface area contributed by atoms with E-state index in [-0.39, 0.29) is 11.4 Å². The number of nitrogens with zero attached hydrogens (tertiary/aromatic N) is 4. The lowest BCUT2D eigenvalue weighted by Gasteiger charge is -2.22. The molecule has 10 nitrogen and oxygen atoms in total. The van der Waals surface area contributed by atoms with Crippen molar-refractivity contribution in [2.24, 2.45) is 4.99 Å². The Labute approximate surface area is 202 Å². The predicted octanol–water partition coefficient (Wildman–Crippen LogP) is 4.24. The molecule has 0 atom stereocenters. The minimum absolute atomic E-state index is 0.168. The molecule has 0 radical (unpaired) electrons. The van der Waals surface area contributed by atoms with Gasteiger partial charge in [0.1, 0.15) is 23.6 Å². The van der Waals surface area contributed by atoms with Crippen molar-refractivity contribution in [2.75, 3.05) is 10.6 Å². The first-order valence-corrected chi connectivity index (χ1v) is 11.1. The summed E-state index contributed by atoms with van der Waals surface area (Å²) in [5.41, 5.74) is 9.70. The molecule has 1 aromatic heterocycles. The Morgan fingerprint density at radius 2 is 1.80 bits per heavy atom. The van der Waals surface area contributed by atoms with Gasteiger partial charge in [0.2, 0.25) is 0 Å². The molecule has 2 aliphatic heterocycles. The van der Waals surface area contributed by atoms with Crippen molar-refractivity contribution < 1.29 is 9.63 Å². The Morgan fingerprint density at radius 1 is 1.03 bits per heavy atom. The molecule has 5 rings (SSSR count). The number of hydrazine groups is 1. The molecule has 0 spiro atoms. The summed E-state index contributed by atoms with van der Waals surface area (Å²) < 4.78 is 1.74. The van der Waals surface area contributed by atoms with E-state index in [9.17, 15) is 4.79 Å². The maximum Gasteiger partial charge on any atom is 0.324 e. The quantitative estimate of drug-likeness (QED) is 0.444. The van der Waals surface area contributed by atoms with E-state index in [1.165, 1.54) is 0 Å². The molecular formula is C25H26N8O2. The number of urea groups is 1. The summed E-state index contributed by atoms with van der Waals surface area (Å²) in [5, 5.41) is 12.1. The summed E-state index contributed by atoms with van der Waals surface area (Å²) in [6, 6.07) is 18.3. The van der Waals surface area contributed by atoms with Crippen LogP contribution in [-0.2, 0) is 5.41 Å². The van der Waals surface area contributed by atoms with Gasteiger partial charge in [-0.15, -0.1) is 0 Å². The van der Waals surface area contributed by atoms with Gasteiger partial charge in [0.05, 0.1) is 17.6 Å². The maximum atomic E-state index is 12.8. The van der Waals surface area contributed by atoms with Crippen LogP contribution in [0, 0.1) is 0 Å². The fourth-order valence-electron chi connectivity index (χ4n) is 3.50. The van der Waals surface area contributed by atoms with E-state index in [0.717, 1.165) is 22.8 Å². The van der Waals surface area contributed by atoms with Crippen LogP contribution in [0.25, 0.3) is 5.69 Å². The number of para-hydroxylation sites is 1.